The van der Waals surface area contributed by atoms with E-state index in [0.717, 1.165) is 31.3 Å². The number of tetrazole rings is 1. The molecule has 4 heterocycles. The number of amides is 1. The zero-order valence-corrected chi connectivity index (χ0v) is 37.7. The summed E-state index contributed by atoms with van der Waals surface area (Å²) in [7, 11) is 4.83. The van der Waals surface area contributed by atoms with E-state index in [1.54, 1.807) is 39.3 Å². The number of nitrogens with zero attached hydrogens (tertiary/aromatic N) is 5. The third-order valence-corrected chi connectivity index (χ3v) is 14.2. The van der Waals surface area contributed by atoms with Crippen molar-refractivity contribution in [3.8, 4) is 0 Å². The first-order valence-electron chi connectivity index (χ1n) is 22.4. The maximum atomic E-state index is 14.5. The van der Waals surface area contributed by atoms with Crippen LogP contribution in [-0.4, -0.2) is 129 Å². The Bertz CT molecular complexity index is 1640. The van der Waals surface area contributed by atoms with Crippen LogP contribution in [0.5, 0.6) is 0 Å². The summed E-state index contributed by atoms with van der Waals surface area (Å²) in [6, 6.07) is -1.08. The standard InChI is InChI=1S/C45H73N5O10/c1-11-33-19-26(2)18-27(3)20-38(57-9)41-39(58-10)23-30(6)45(55,60-41)42(52)43(53)49-17-13-12-14-35(49)44(54)59-40(31(7)36(51)22-28(33)4)29(5)21-32-15-16-34(37(24-32)56-8)50-25-46-47-48-50/h19,21,25,27-28,30-41,51,55H,11-18,20,22-24H2,1-10H3/b26-19+,29-21+/t27-,28?,30+,31+,32-,33+,34-,35-,36-,37+,38-,39-,40+,41+,45+/m0/s1. The van der Waals surface area contributed by atoms with Crippen LogP contribution in [0.1, 0.15) is 125 Å². The number of Topliss-reactive ketones (excluding diaryl/α,β-unsaturated/α-hetero) is 1. The number of rotatable bonds is 7. The van der Waals surface area contributed by atoms with Gasteiger partial charge in [0.05, 0.1) is 30.5 Å². The van der Waals surface area contributed by atoms with Crippen LogP contribution in [0, 0.1) is 35.5 Å². The Hall–Kier alpha value is -3.08. The Morgan fingerprint density at radius 2 is 1.67 bits per heavy atom. The molecule has 1 unspecified atom stereocenters. The van der Waals surface area contributed by atoms with Crippen molar-refractivity contribution in [1.82, 2.24) is 25.1 Å². The molecule has 0 spiro atoms. The number of esters is 1. The third-order valence-electron chi connectivity index (χ3n) is 14.2. The highest BCUT2D eigenvalue weighted by atomic mass is 16.7. The van der Waals surface area contributed by atoms with Crippen LogP contribution in [0.2, 0.25) is 0 Å². The molecule has 2 saturated heterocycles. The predicted molar refractivity (Wildman–Crippen MR) is 223 cm³/mol. The van der Waals surface area contributed by atoms with Gasteiger partial charge in [-0.15, -0.1) is 5.10 Å². The summed E-state index contributed by atoms with van der Waals surface area (Å²) in [5.41, 5.74) is 2.02. The molecule has 4 aliphatic rings. The Labute approximate surface area is 356 Å². The summed E-state index contributed by atoms with van der Waals surface area (Å²) in [6.45, 7) is 14.3. The van der Waals surface area contributed by atoms with Gasteiger partial charge in [0.1, 0.15) is 24.6 Å². The van der Waals surface area contributed by atoms with Gasteiger partial charge in [0.2, 0.25) is 5.79 Å². The summed E-state index contributed by atoms with van der Waals surface area (Å²) >= 11 is 0. The number of carbonyl (C=O) groups is 3. The first kappa shape index (κ1) is 48.0. The van der Waals surface area contributed by atoms with E-state index in [-0.39, 0.29) is 55.2 Å². The van der Waals surface area contributed by atoms with Crippen molar-refractivity contribution >= 4 is 17.7 Å². The number of hydrogen-bond acceptors (Lipinski definition) is 13. The molecule has 2 N–H and O–H groups in total. The molecule has 5 rings (SSSR count). The molecule has 1 saturated carbocycles. The molecule has 15 nitrogen and oxygen atoms in total. The van der Waals surface area contributed by atoms with Crippen molar-refractivity contribution in [3.63, 3.8) is 0 Å². The highest BCUT2D eigenvalue weighted by Crippen LogP contribution is 2.40. The molecule has 2 bridgehead atoms. The fourth-order valence-corrected chi connectivity index (χ4v) is 10.5. The fraction of sp³-hybridized carbons (Fsp3) is 0.822. The number of allylic oxidation sites excluding steroid dienone is 3. The molecule has 0 radical (unpaired) electrons. The van der Waals surface area contributed by atoms with Gasteiger partial charge in [-0.3, -0.25) is 9.59 Å². The van der Waals surface area contributed by atoms with Gasteiger partial charge in [-0.2, -0.15) is 0 Å². The minimum absolute atomic E-state index is 0.0112. The fourth-order valence-electron chi connectivity index (χ4n) is 10.5. The smallest absolute Gasteiger partial charge is 0.329 e. The van der Waals surface area contributed by atoms with Crippen LogP contribution in [0.15, 0.2) is 29.6 Å². The van der Waals surface area contributed by atoms with Crippen LogP contribution in [0.3, 0.4) is 0 Å². The van der Waals surface area contributed by atoms with Gasteiger partial charge in [-0.25, -0.2) is 9.48 Å². The van der Waals surface area contributed by atoms with Crippen LogP contribution >= 0.6 is 0 Å². The van der Waals surface area contributed by atoms with E-state index >= 15 is 0 Å². The van der Waals surface area contributed by atoms with Gasteiger partial charge >= 0.3 is 5.97 Å². The average Bonchev–Trinajstić information content (AvgIpc) is 3.78. The van der Waals surface area contributed by atoms with Crippen LogP contribution < -0.4 is 0 Å². The molecule has 1 amide bonds. The van der Waals surface area contributed by atoms with Gasteiger partial charge in [0.25, 0.3) is 11.7 Å². The van der Waals surface area contributed by atoms with E-state index in [4.69, 9.17) is 23.7 Å². The average molecular weight is 844 g/mol. The molecular formula is C45H73N5O10. The number of hydrogen-bond donors (Lipinski definition) is 2. The Morgan fingerprint density at radius 3 is 2.32 bits per heavy atom. The minimum Gasteiger partial charge on any atom is -0.456 e. The number of fused-ring (bicyclic) bond motifs is 3. The van der Waals surface area contributed by atoms with Crippen LogP contribution in [-0.2, 0) is 38.1 Å². The molecule has 1 aromatic heterocycles. The summed E-state index contributed by atoms with van der Waals surface area (Å²) in [5, 5.41) is 35.8. The lowest BCUT2D eigenvalue weighted by Crippen LogP contribution is -2.64. The second kappa shape index (κ2) is 21.3. The Kier molecular flexibility index (Phi) is 17.1. The van der Waals surface area contributed by atoms with Crippen molar-refractivity contribution in [1.29, 1.82) is 0 Å². The molecule has 1 aromatic rings. The van der Waals surface area contributed by atoms with E-state index in [9.17, 15) is 24.6 Å². The number of aliphatic hydroxyl groups is 2. The number of methoxy groups -OCH3 is 3. The third kappa shape index (κ3) is 10.9. The van der Waals surface area contributed by atoms with Crippen molar-refractivity contribution < 1.29 is 48.3 Å². The topological polar surface area (TPSA) is 185 Å². The van der Waals surface area contributed by atoms with E-state index in [1.807, 2.05) is 13.8 Å². The zero-order valence-electron chi connectivity index (χ0n) is 37.7. The lowest BCUT2D eigenvalue weighted by atomic mass is 9.79. The van der Waals surface area contributed by atoms with Crippen molar-refractivity contribution in [3.05, 3.63) is 29.6 Å². The molecule has 15 atom stereocenters. The van der Waals surface area contributed by atoms with E-state index in [1.165, 1.54) is 10.5 Å². The molecule has 0 aromatic carbocycles. The predicted octanol–water partition coefficient (Wildman–Crippen LogP) is 5.41. The van der Waals surface area contributed by atoms with Gasteiger partial charge in [-0.05, 0) is 124 Å². The number of aliphatic hydroxyl groups excluding tert-OH is 1. The highest BCUT2D eigenvalue weighted by molar-refractivity contribution is 6.39. The lowest BCUT2D eigenvalue weighted by Gasteiger charge is -2.47. The number of carbonyl (C=O) groups excluding carboxylic acids is 3. The van der Waals surface area contributed by atoms with Gasteiger partial charge in [0.15, 0.2) is 0 Å². The number of ether oxygens (including phenoxy) is 5. The monoisotopic (exact) mass is 844 g/mol. The van der Waals surface area contributed by atoms with Crippen LogP contribution in [0.4, 0.5) is 0 Å². The van der Waals surface area contributed by atoms with E-state index in [0.29, 0.717) is 32.1 Å². The summed E-state index contributed by atoms with van der Waals surface area (Å²) < 4.78 is 32.3. The van der Waals surface area contributed by atoms with Gasteiger partial charge in [-0.1, -0.05) is 52.3 Å². The summed E-state index contributed by atoms with van der Waals surface area (Å²) in [6.07, 6.45) is 9.20. The van der Waals surface area contributed by atoms with Crippen molar-refractivity contribution in [2.75, 3.05) is 27.9 Å². The number of aromatic nitrogens is 4. The molecular weight excluding hydrogens is 771 g/mol. The Morgan fingerprint density at radius 1 is 0.967 bits per heavy atom. The first-order chi connectivity index (χ1) is 28.6. The normalized spacial score (nSPS) is 40.8. The number of piperidine rings is 1. The van der Waals surface area contributed by atoms with E-state index < -0.39 is 71.8 Å². The second-order valence-corrected chi connectivity index (χ2v) is 18.5. The largest absolute Gasteiger partial charge is 0.456 e. The van der Waals surface area contributed by atoms with Gasteiger partial charge < -0.3 is 38.8 Å². The summed E-state index contributed by atoms with van der Waals surface area (Å²) in [5.74, 6) is -5.95. The molecule has 3 aliphatic heterocycles. The van der Waals surface area contributed by atoms with Crippen molar-refractivity contribution in [2.45, 2.75) is 174 Å². The van der Waals surface area contributed by atoms with Crippen molar-refractivity contribution in [2.24, 2.45) is 35.5 Å². The quantitative estimate of drug-likeness (QED) is 0.202. The number of cyclic esters (lactones) is 1. The van der Waals surface area contributed by atoms with Gasteiger partial charge in [0, 0.05) is 39.7 Å². The molecule has 15 heteroatoms. The molecule has 3 fully saturated rings. The maximum Gasteiger partial charge on any atom is 0.329 e. The molecule has 1 aliphatic carbocycles. The Balaban J connectivity index is 1.51. The highest BCUT2D eigenvalue weighted by Gasteiger charge is 2.56. The maximum absolute atomic E-state index is 14.5. The molecule has 60 heavy (non-hydrogen) atoms. The SMILES string of the molecule is CC[C@@H]1/C=C(\C)C[C@H](C)C[C@H](OC)[C@H]2O[C@@](O)(C(=O)C(=O)N3CCCC[C@H]3C(=O)O[C@H](/C(C)=C/[C@@H]3CC[C@H](n4cnnn4)[C@H](OC)C3)[C@H](C)[C@@H](O)CC1C)[C@H](C)C[C@@H]2OC. The summed E-state index contributed by atoms with van der Waals surface area (Å²) in [4.78, 5) is 44.4. The number of ketones is 1. The molecule has 338 valence electrons. The lowest BCUT2D eigenvalue weighted by molar-refractivity contribution is -0.302. The first-order valence-corrected chi connectivity index (χ1v) is 22.4. The zero-order chi connectivity index (χ0) is 43.9. The second-order valence-electron chi connectivity index (χ2n) is 18.5. The minimum atomic E-state index is -2.47. The van der Waals surface area contributed by atoms with Crippen LogP contribution in [0.25, 0.3) is 0 Å². The van der Waals surface area contributed by atoms with E-state index in [2.05, 4.69) is 55.4 Å².